The lowest BCUT2D eigenvalue weighted by molar-refractivity contribution is 0.667. The van der Waals surface area contributed by atoms with Gasteiger partial charge in [0.1, 0.15) is 11.3 Å². The van der Waals surface area contributed by atoms with Crippen molar-refractivity contribution in [3.63, 3.8) is 0 Å². The van der Waals surface area contributed by atoms with Gasteiger partial charge in [0, 0.05) is 32.8 Å². The minimum absolute atomic E-state index is 0.554. The zero-order valence-electron chi connectivity index (χ0n) is 28.3. The van der Waals surface area contributed by atoms with Crippen molar-refractivity contribution in [2.45, 2.75) is 6.92 Å². The molecule has 0 bridgehead atoms. The van der Waals surface area contributed by atoms with Gasteiger partial charge in [-0.1, -0.05) is 133 Å². The van der Waals surface area contributed by atoms with Crippen LogP contribution in [0, 0.1) is 6.92 Å². The zero-order chi connectivity index (χ0) is 34.3. The molecule has 0 fully saturated rings. The molecule has 0 N–H and O–H groups in total. The van der Waals surface area contributed by atoms with Gasteiger partial charge >= 0.3 is 0 Å². The van der Waals surface area contributed by atoms with Crippen molar-refractivity contribution in [1.82, 2.24) is 9.97 Å². The summed E-state index contributed by atoms with van der Waals surface area (Å²) in [6, 6.07) is 57.5. The minimum Gasteiger partial charge on any atom is -0.454 e. The Labute approximate surface area is 299 Å². The van der Waals surface area contributed by atoms with Crippen molar-refractivity contribution in [3.05, 3.63) is 169 Å². The summed E-state index contributed by atoms with van der Waals surface area (Å²) in [5, 5.41) is 12.3. The highest BCUT2D eigenvalue weighted by Gasteiger charge is 2.38. The number of anilines is 4. The third kappa shape index (κ3) is 4.05. The average Bonchev–Trinajstić information content (AvgIpc) is 3.60. The molecule has 52 heavy (non-hydrogen) atoms. The van der Waals surface area contributed by atoms with Crippen molar-refractivity contribution in [1.29, 1.82) is 0 Å². The molecule has 5 nitrogen and oxygen atoms in total. The van der Waals surface area contributed by atoms with Crippen LogP contribution >= 0.6 is 0 Å². The number of rotatable bonds is 3. The molecule has 10 aromatic rings. The fourth-order valence-corrected chi connectivity index (χ4v) is 8.22. The van der Waals surface area contributed by atoms with Crippen LogP contribution in [0.15, 0.2) is 168 Å². The highest BCUT2D eigenvalue weighted by molar-refractivity contribution is 6.30. The summed E-state index contributed by atoms with van der Waals surface area (Å²) >= 11 is 0. The summed E-state index contributed by atoms with van der Waals surface area (Å²) in [5.74, 6) is 0.554. The van der Waals surface area contributed by atoms with Crippen LogP contribution in [0.3, 0.4) is 0 Å². The van der Waals surface area contributed by atoms with Gasteiger partial charge in [0.2, 0.25) is 0 Å². The maximum atomic E-state index is 7.02. The second-order valence-electron chi connectivity index (χ2n) is 13.4. The van der Waals surface area contributed by atoms with Crippen molar-refractivity contribution in [2.75, 3.05) is 10.0 Å². The molecule has 244 valence electrons. The molecule has 0 saturated heterocycles. The van der Waals surface area contributed by atoms with E-state index in [2.05, 4.69) is 169 Å². The number of hydrazine groups is 1. The number of fused-ring (bicyclic) bond motifs is 13. The molecule has 2 aromatic heterocycles. The van der Waals surface area contributed by atoms with Gasteiger partial charge in [-0.2, -0.15) is 0 Å². The van der Waals surface area contributed by atoms with Crippen LogP contribution in [-0.4, -0.2) is 9.97 Å². The monoisotopic (exact) mass is 666 g/mol. The van der Waals surface area contributed by atoms with Crippen LogP contribution in [0.25, 0.3) is 76.8 Å². The van der Waals surface area contributed by atoms with Gasteiger partial charge in [0.25, 0.3) is 5.95 Å². The fourth-order valence-electron chi connectivity index (χ4n) is 8.22. The largest absolute Gasteiger partial charge is 0.454 e. The van der Waals surface area contributed by atoms with Crippen molar-refractivity contribution in [3.8, 4) is 22.4 Å². The number of para-hydroxylation sites is 3. The lowest BCUT2D eigenvalue weighted by atomic mass is 9.87. The minimum atomic E-state index is 0.554. The Morgan fingerprint density at radius 3 is 2.02 bits per heavy atom. The van der Waals surface area contributed by atoms with Crippen molar-refractivity contribution in [2.24, 2.45) is 0 Å². The first-order valence-electron chi connectivity index (χ1n) is 17.6. The number of hydrogen-bond acceptors (Lipinski definition) is 5. The quantitative estimate of drug-likeness (QED) is 0.188. The lowest BCUT2D eigenvalue weighted by Gasteiger charge is -2.43. The molecule has 1 aliphatic rings. The second-order valence-corrected chi connectivity index (χ2v) is 13.4. The molecule has 0 amide bonds. The number of aryl methyl sites for hydroxylation is 1. The van der Waals surface area contributed by atoms with Gasteiger partial charge in [-0.05, 0) is 64.4 Å². The van der Waals surface area contributed by atoms with E-state index in [4.69, 9.17) is 14.4 Å². The van der Waals surface area contributed by atoms with E-state index in [1.807, 2.05) is 12.1 Å². The van der Waals surface area contributed by atoms with E-state index in [9.17, 15) is 0 Å². The molecule has 5 heteroatoms. The van der Waals surface area contributed by atoms with Gasteiger partial charge in [-0.25, -0.2) is 20.0 Å². The first kappa shape index (κ1) is 28.8. The lowest BCUT2D eigenvalue weighted by Crippen LogP contribution is -2.40. The molecule has 3 heterocycles. The molecule has 0 atom stereocenters. The molecule has 11 rings (SSSR count). The number of benzene rings is 8. The first-order valence-corrected chi connectivity index (χ1v) is 17.6. The van der Waals surface area contributed by atoms with Gasteiger partial charge in [0.05, 0.1) is 22.6 Å². The molecule has 0 saturated carbocycles. The zero-order valence-corrected chi connectivity index (χ0v) is 28.3. The molecule has 0 radical (unpaired) electrons. The second kappa shape index (κ2) is 11.0. The Bertz CT molecular complexity index is 3060. The van der Waals surface area contributed by atoms with Crippen molar-refractivity contribution >= 4 is 77.4 Å². The highest BCUT2D eigenvalue weighted by Crippen LogP contribution is 2.58. The Balaban J connectivity index is 1.37. The van der Waals surface area contributed by atoms with E-state index in [0.717, 1.165) is 88.6 Å². The normalized spacial score (nSPS) is 12.6. The van der Waals surface area contributed by atoms with Crippen LogP contribution in [0.5, 0.6) is 0 Å². The Hall–Kier alpha value is -6.98. The summed E-state index contributed by atoms with van der Waals surface area (Å²) in [5.41, 5.74) is 10.8. The fraction of sp³-hybridized carbons (Fsp3) is 0.0213. The SMILES string of the molecule is Cc1ccccc1-c1nc(N2c3c(c4ccccc4c4c3oc3ccccc34)-c3c(ccc4ccccc34)N2c2ccccc2)nc2ccccc12. The summed E-state index contributed by atoms with van der Waals surface area (Å²) < 4.78 is 7.02. The van der Waals surface area contributed by atoms with Gasteiger partial charge < -0.3 is 4.42 Å². The molecular formula is C47H30N4O. The van der Waals surface area contributed by atoms with E-state index < -0.39 is 0 Å². The van der Waals surface area contributed by atoms with Crippen LogP contribution in [0.4, 0.5) is 23.0 Å². The maximum absolute atomic E-state index is 7.02. The number of hydrogen-bond donors (Lipinski definition) is 0. The number of furan rings is 1. The number of aromatic nitrogens is 2. The number of nitrogens with zero attached hydrogens (tertiary/aromatic N) is 4. The van der Waals surface area contributed by atoms with E-state index in [0.29, 0.717) is 5.95 Å². The van der Waals surface area contributed by atoms with Crippen LogP contribution < -0.4 is 10.0 Å². The summed E-state index contributed by atoms with van der Waals surface area (Å²) in [7, 11) is 0. The van der Waals surface area contributed by atoms with Crippen LogP contribution in [0.1, 0.15) is 5.56 Å². The third-order valence-corrected chi connectivity index (χ3v) is 10.5. The molecule has 0 unspecified atom stereocenters. The first-order chi connectivity index (χ1) is 25.7. The van der Waals surface area contributed by atoms with Gasteiger partial charge in [-0.3, -0.25) is 0 Å². The van der Waals surface area contributed by atoms with E-state index in [1.54, 1.807) is 0 Å². The molecule has 8 aromatic carbocycles. The standard InChI is InChI=1S/C47H30N4O/c1-29-15-5-7-19-32(29)44-36-23-11-13-25-38(36)48-47(49-44)51-45-43(35-22-10-9-21-34(35)41-37-24-12-14-26-40(37)52-46(41)45)42-33-20-8-6-16-30(33)27-28-39(42)50(51)31-17-3-2-4-18-31/h2-28H,1H3. The van der Waals surface area contributed by atoms with Gasteiger partial charge in [0.15, 0.2) is 5.58 Å². The van der Waals surface area contributed by atoms with Crippen LogP contribution in [-0.2, 0) is 0 Å². The van der Waals surface area contributed by atoms with E-state index >= 15 is 0 Å². The van der Waals surface area contributed by atoms with Gasteiger partial charge in [-0.15, -0.1) is 0 Å². The summed E-state index contributed by atoms with van der Waals surface area (Å²) in [4.78, 5) is 10.9. The molecule has 0 spiro atoms. The predicted octanol–water partition coefficient (Wildman–Crippen LogP) is 12.7. The van der Waals surface area contributed by atoms with Crippen molar-refractivity contribution < 1.29 is 4.42 Å². The highest BCUT2D eigenvalue weighted by atomic mass is 16.3. The molecular weight excluding hydrogens is 637 g/mol. The smallest absolute Gasteiger partial charge is 0.251 e. The maximum Gasteiger partial charge on any atom is 0.251 e. The topological polar surface area (TPSA) is 45.4 Å². The summed E-state index contributed by atoms with van der Waals surface area (Å²) in [6.07, 6.45) is 0. The molecule has 1 aliphatic heterocycles. The van der Waals surface area contributed by atoms with Crippen LogP contribution in [0.2, 0.25) is 0 Å². The summed E-state index contributed by atoms with van der Waals surface area (Å²) in [6.45, 7) is 2.14. The average molecular weight is 667 g/mol. The predicted molar refractivity (Wildman–Crippen MR) is 215 cm³/mol. The Morgan fingerprint density at radius 2 is 1.17 bits per heavy atom. The van der Waals surface area contributed by atoms with E-state index in [-0.39, 0.29) is 0 Å². The Morgan fingerprint density at radius 1 is 0.500 bits per heavy atom. The Kier molecular flexibility index (Phi) is 6.10. The third-order valence-electron chi connectivity index (χ3n) is 10.5. The molecule has 0 aliphatic carbocycles. The van der Waals surface area contributed by atoms with E-state index in [1.165, 1.54) is 10.8 Å².